The van der Waals surface area contributed by atoms with Gasteiger partial charge in [-0.1, -0.05) is 0 Å². The molecule has 0 aliphatic rings. The molecule has 1 rings (SSSR count). The van der Waals surface area contributed by atoms with Crippen LogP contribution in [0.5, 0.6) is 0 Å². The van der Waals surface area contributed by atoms with Crippen molar-refractivity contribution in [1.82, 2.24) is 9.97 Å². The number of nitrogens with one attached hydrogen (secondary N) is 1. The Kier molecular flexibility index (Phi) is 19.1. The highest BCUT2D eigenvalue weighted by atomic mass is 35.5. The molecule has 1 aromatic rings. The predicted molar refractivity (Wildman–Crippen MR) is 66.9 cm³/mol. The van der Waals surface area contributed by atoms with Crippen LogP contribution < -0.4 is 5.73 Å². The molecule has 1 heterocycles. The number of nitrogens with two attached hydrogens (primary N) is 1. The van der Waals surface area contributed by atoms with Crippen LogP contribution in [0.2, 0.25) is 0 Å². The quantitative estimate of drug-likeness (QED) is 0.778. The van der Waals surface area contributed by atoms with E-state index in [1.54, 1.807) is 6.20 Å². The Labute approximate surface area is 112 Å². The van der Waals surface area contributed by atoms with Crippen LogP contribution in [0.1, 0.15) is 5.69 Å². The van der Waals surface area contributed by atoms with E-state index in [4.69, 9.17) is 10.8 Å². The normalized spacial score (nSPS) is 9.40. The van der Waals surface area contributed by atoms with Crippen molar-refractivity contribution in [3.05, 3.63) is 18.2 Å². The average Bonchev–Trinajstić information content (AvgIpc) is 2.39. The number of rotatable bonds is 3. The van der Waals surface area contributed by atoms with E-state index >= 15 is 0 Å². The van der Waals surface area contributed by atoms with Crippen molar-refractivity contribution in [3.8, 4) is 0 Å². The molecule has 0 bridgehead atoms. The van der Waals surface area contributed by atoms with Gasteiger partial charge in [0.1, 0.15) is 6.04 Å². The summed E-state index contributed by atoms with van der Waals surface area (Å²) in [4.78, 5) is 16.8. The van der Waals surface area contributed by atoms with Crippen molar-refractivity contribution < 1.29 is 9.90 Å². The monoisotopic (exact) mass is 299 g/mol. The average molecular weight is 301 g/mol. The molecule has 0 radical (unpaired) electrons. The molecule has 0 saturated carbocycles. The Morgan fingerprint density at radius 3 is 2.33 bits per heavy atom. The van der Waals surface area contributed by atoms with Gasteiger partial charge in [-0.2, -0.15) is 0 Å². The lowest BCUT2D eigenvalue weighted by molar-refractivity contribution is -0.138. The Hall–Kier alpha value is -0.200. The number of nitrogens with zero attached hydrogens (tertiary/aromatic N) is 1. The number of hydrogen-bond donors (Lipinski definition) is 3. The zero-order chi connectivity index (χ0) is 8.27. The molecular formula is C6H13Cl4N3O2. The zero-order valence-electron chi connectivity index (χ0n) is 7.45. The van der Waals surface area contributed by atoms with Crippen molar-refractivity contribution in [2.45, 2.75) is 12.5 Å². The van der Waals surface area contributed by atoms with Crippen molar-refractivity contribution >= 4 is 55.6 Å². The van der Waals surface area contributed by atoms with Gasteiger partial charge in [0, 0.05) is 18.3 Å². The van der Waals surface area contributed by atoms with Gasteiger partial charge in [-0.05, 0) is 0 Å². The summed E-state index contributed by atoms with van der Waals surface area (Å²) in [6, 6.07) is -0.851. The van der Waals surface area contributed by atoms with Gasteiger partial charge in [-0.25, -0.2) is 4.98 Å². The number of carboxylic acids is 1. The van der Waals surface area contributed by atoms with E-state index in [2.05, 4.69) is 9.97 Å². The summed E-state index contributed by atoms with van der Waals surface area (Å²) < 4.78 is 0. The fourth-order valence-corrected chi connectivity index (χ4v) is 0.721. The highest BCUT2D eigenvalue weighted by molar-refractivity contribution is 5.86. The number of H-pyrrole nitrogens is 1. The highest BCUT2D eigenvalue weighted by Crippen LogP contribution is 1.95. The van der Waals surface area contributed by atoms with E-state index in [0.717, 1.165) is 5.69 Å². The summed E-state index contributed by atoms with van der Waals surface area (Å²) in [5, 5.41) is 8.42. The topological polar surface area (TPSA) is 92.0 Å². The van der Waals surface area contributed by atoms with E-state index in [1.165, 1.54) is 6.33 Å². The maximum absolute atomic E-state index is 10.3. The number of aromatic nitrogens is 2. The molecule has 1 unspecified atom stereocenters. The molecule has 9 heteroatoms. The van der Waals surface area contributed by atoms with E-state index in [-0.39, 0.29) is 56.0 Å². The van der Waals surface area contributed by atoms with Gasteiger partial charge in [0.05, 0.1) is 6.33 Å². The molecule has 4 N–H and O–H groups in total. The van der Waals surface area contributed by atoms with Gasteiger partial charge in [0.15, 0.2) is 0 Å². The standard InChI is InChI=1S/C6H9N3O2.4ClH/c7-5(6(10)11)1-4-2-8-3-9-4;;;;/h2-3,5H,1,7H2,(H,8,9)(H,10,11);4*1H. The Morgan fingerprint density at radius 1 is 1.47 bits per heavy atom. The van der Waals surface area contributed by atoms with Gasteiger partial charge >= 0.3 is 5.97 Å². The molecule has 0 saturated heterocycles. The first-order chi connectivity index (χ1) is 5.20. The third-order valence-corrected chi connectivity index (χ3v) is 1.31. The predicted octanol–water partition coefficient (Wildman–Crippen LogP) is 1.05. The van der Waals surface area contributed by atoms with Gasteiger partial charge in [0.2, 0.25) is 0 Å². The fourth-order valence-electron chi connectivity index (χ4n) is 0.721. The Bertz CT molecular complexity index is 245. The third-order valence-electron chi connectivity index (χ3n) is 1.31. The molecule has 0 spiro atoms. The molecule has 0 aromatic carbocycles. The molecule has 92 valence electrons. The van der Waals surface area contributed by atoms with E-state index in [0.29, 0.717) is 0 Å². The molecule has 5 nitrogen and oxygen atoms in total. The third kappa shape index (κ3) is 8.77. The number of aliphatic carboxylic acids is 1. The van der Waals surface area contributed by atoms with Gasteiger partial charge in [0.25, 0.3) is 0 Å². The van der Waals surface area contributed by atoms with Crippen LogP contribution in [0.15, 0.2) is 12.5 Å². The second-order valence-electron chi connectivity index (χ2n) is 2.23. The summed E-state index contributed by atoms with van der Waals surface area (Å²) in [7, 11) is 0. The molecule has 0 amide bonds. The molecule has 0 aliphatic carbocycles. The minimum atomic E-state index is -1.00. The number of carboxylic acid groups (broad SMARTS) is 1. The second kappa shape index (κ2) is 11.9. The summed E-state index contributed by atoms with van der Waals surface area (Å²) in [5.41, 5.74) is 6.00. The first-order valence-electron chi connectivity index (χ1n) is 3.16. The molecule has 1 atom stereocenters. The number of hydrogen-bond acceptors (Lipinski definition) is 3. The van der Waals surface area contributed by atoms with E-state index in [9.17, 15) is 4.79 Å². The maximum atomic E-state index is 10.3. The van der Waals surface area contributed by atoms with Crippen LogP contribution in [-0.4, -0.2) is 27.1 Å². The lowest BCUT2D eigenvalue weighted by Crippen LogP contribution is -2.32. The summed E-state index contributed by atoms with van der Waals surface area (Å²) in [6.45, 7) is 0. The molecule has 15 heavy (non-hydrogen) atoms. The highest BCUT2D eigenvalue weighted by Gasteiger charge is 2.11. The van der Waals surface area contributed by atoms with Crippen LogP contribution in [0.4, 0.5) is 0 Å². The Balaban J connectivity index is -0.000000151. The van der Waals surface area contributed by atoms with Crippen molar-refractivity contribution in [2.24, 2.45) is 5.73 Å². The first kappa shape index (κ1) is 24.2. The SMILES string of the molecule is Cl.Cl.Cl.Cl.NC(Cc1cnc[nH]1)C(=O)O. The van der Waals surface area contributed by atoms with E-state index < -0.39 is 12.0 Å². The number of halogens is 4. The number of aromatic amines is 1. The summed E-state index contributed by atoms with van der Waals surface area (Å²) in [6.07, 6.45) is 3.34. The number of carbonyl (C=O) groups is 1. The summed E-state index contributed by atoms with van der Waals surface area (Å²) in [5.74, 6) is -1.00. The van der Waals surface area contributed by atoms with Gasteiger partial charge in [-0.15, -0.1) is 49.6 Å². The number of imidazole rings is 1. The van der Waals surface area contributed by atoms with Gasteiger partial charge in [-0.3, -0.25) is 4.79 Å². The molecular weight excluding hydrogens is 288 g/mol. The molecule has 0 fully saturated rings. The van der Waals surface area contributed by atoms with Crippen LogP contribution in [0.3, 0.4) is 0 Å². The largest absolute Gasteiger partial charge is 0.480 e. The lowest BCUT2D eigenvalue weighted by atomic mass is 10.2. The van der Waals surface area contributed by atoms with Crippen LogP contribution in [-0.2, 0) is 11.2 Å². The lowest BCUT2D eigenvalue weighted by Gasteiger charge is -2.02. The maximum Gasteiger partial charge on any atom is 0.320 e. The van der Waals surface area contributed by atoms with Crippen molar-refractivity contribution in [1.29, 1.82) is 0 Å². The van der Waals surface area contributed by atoms with Crippen molar-refractivity contribution in [3.63, 3.8) is 0 Å². The summed E-state index contributed by atoms with van der Waals surface area (Å²) >= 11 is 0. The molecule has 0 aliphatic heterocycles. The van der Waals surface area contributed by atoms with Crippen LogP contribution in [0.25, 0.3) is 0 Å². The Morgan fingerprint density at radius 2 is 2.00 bits per heavy atom. The van der Waals surface area contributed by atoms with E-state index in [1.807, 2.05) is 0 Å². The van der Waals surface area contributed by atoms with Crippen LogP contribution in [0, 0.1) is 0 Å². The minimum absolute atomic E-state index is 0. The second-order valence-corrected chi connectivity index (χ2v) is 2.23. The van der Waals surface area contributed by atoms with Crippen molar-refractivity contribution in [2.75, 3.05) is 0 Å². The first-order valence-corrected chi connectivity index (χ1v) is 3.16. The smallest absolute Gasteiger partial charge is 0.320 e. The minimum Gasteiger partial charge on any atom is -0.480 e. The van der Waals surface area contributed by atoms with Gasteiger partial charge < -0.3 is 15.8 Å². The fraction of sp³-hybridized carbons (Fsp3) is 0.333. The molecule has 1 aromatic heterocycles. The zero-order valence-corrected chi connectivity index (χ0v) is 10.7. The van der Waals surface area contributed by atoms with Crippen LogP contribution >= 0.6 is 49.6 Å².